The number of ether oxygens (including phenoxy) is 1. The molecule has 1 unspecified atom stereocenters. The molecule has 7 nitrogen and oxygen atoms in total. The molecular formula is C20H22N2O5. The molecule has 1 N–H and O–H groups in total. The number of nitrogens with zero attached hydrogens (tertiary/aromatic N) is 1. The van der Waals surface area contributed by atoms with E-state index in [1.54, 1.807) is 19.1 Å². The van der Waals surface area contributed by atoms with Crippen LogP contribution in [0.2, 0.25) is 0 Å². The standard InChI is InChI=1S/C20H22N2O5/c1-2-27-20(24)17(12-15-6-4-3-5-7-15)14-21-19(23)13-16-8-10-18(11-9-16)22(25)26/h3-11,17H,2,12-14H2,1H3,(H,21,23). The van der Waals surface area contributed by atoms with Crippen LogP contribution in [0.3, 0.4) is 0 Å². The van der Waals surface area contributed by atoms with E-state index in [1.807, 2.05) is 30.3 Å². The Morgan fingerprint density at radius 1 is 1.07 bits per heavy atom. The topological polar surface area (TPSA) is 98.5 Å². The zero-order chi connectivity index (χ0) is 19.6. The number of carbonyl (C=O) groups excluding carboxylic acids is 2. The maximum atomic E-state index is 12.2. The van der Waals surface area contributed by atoms with Crippen LogP contribution in [-0.2, 0) is 27.2 Å². The first-order valence-electron chi connectivity index (χ1n) is 8.70. The van der Waals surface area contributed by atoms with Crippen LogP contribution in [0.4, 0.5) is 5.69 Å². The van der Waals surface area contributed by atoms with Gasteiger partial charge in [0.05, 0.1) is 23.9 Å². The van der Waals surface area contributed by atoms with E-state index < -0.39 is 10.8 Å². The van der Waals surface area contributed by atoms with Crippen molar-refractivity contribution in [1.29, 1.82) is 0 Å². The summed E-state index contributed by atoms with van der Waals surface area (Å²) in [5.74, 6) is -1.09. The number of nitro benzene ring substituents is 1. The summed E-state index contributed by atoms with van der Waals surface area (Å²) in [7, 11) is 0. The zero-order valence-electron chi connectivity index (χ0n) is 15.1. The molecule has 142 valence electrons. The van der Waals surface area contributed by atoms with Gasteiger partial charge in [0.15, 0.2) is 0 Å². The molecule has 2 rings (SSSR count). The second-order valence-electron chi connectivity index (χ2n) is 6.04. The number of benzene rings is 2. The first kappa shape index (κ1) is 20.1. The predicted octanol–water partition coefficient (Wildman–Crippen LogP) is 2.68. The molecule has 2 aromatic carbocycles. The van der Waals surface area contributed by atoms with E-state index in [-0.39, 0.29) is 37.1 Å². The number of hydrogen-bond acceptors (Lipinski definition) is 5. The lowest BCUT2D eigenvalue weighted by molar-refractivity contribution is -0.384. The van der Waals surface area contributed by atoms with Crippen LogP contribution < -0.4 is 5.32 Å². The highest BCUT2D eigenvalue weighted by Crippen LogP contribution is 2.13. The van der Waals surface area contributed by atoms with E-state index in [0.29, 0.717) is 12.0 Å². The second-order valence-corrected chi connectivity index (χ2v) is 6.04. The van der Waals surface area contributed by atoms with Crippen LogP contribution in [0.1, 0.15) is 18.1 Å². The van der Waals surface area contributed by atoms with Gasteiger partial charge >= 0.3 is 5.97 Å². The number of hydrogen-bond donors (Lipinski definition) is 1. The van der Waals surface area contributed by atoms with Crippen molar-refractivity contribution < 1.29 is 19.2 Å². The van der Waals surface area contributed by atoms with Crippen molar-refractivity contribution in [2.45, 2.75) is 19.8 Å². The average Bonchev–Trinajstić information content (AvgIpc) is 2.66. The van der Waals surface area contributed by atoms with Gasteiger partial charge in [-0.15, -0.1) is 0 Å². The molecule has 0 saturated heterocycles. The van der Waals surface area contributed by atoms with Crippen molar-refractivity contribution in [3.63, 3.8) is 0 Å². The lowest BCUT2D eigenvalue weighted by atomic mass is 9.99. The molecule has 7 heteroatoms. The zero-order valence-corrected chi connectivity index (χ0v) is 15.1. The normalized spacial score (nSPS) is 11.4. The number of rotatable bonds is 9. The molecule has 0 aliphatic heterocycles. The third-order valence-corrected chi connectivity index (χ3v) is 4.00. The van der Waals surface area contributed by atoms with Gasteiger partial charge in [0.2, 0.25) is 5.91 Å². The van der Waals surface area contributed by atoms with Gasteiger partial charge in [-0.3, -0.25) is 19.7 Å². The summed E-state index contributed by atoms with van der Waals surface area (Å²) in [5, 5.41) is 13.4. The Morgan fingerprint density at radius 2 is 1.74 bits per heavy atom. The molecular weight excluding hydrogens is 348 g/mol. The Bertz CT molecular complexity index is 775. The van der Waals surface area contributed by atoms with E-state index in [4.69, 9.17) is 4.74 Å². The van der Waals surface area contributed by atoms with Crippen LogP contribution in [0, 0.1) is 16.0 Å². The minimum atomic E-state index is -0.489. The van der Waals surface area contributed by atoms with Crippen molar-refractivity contribution >= 4 is 17.6 Å². The van der Waals surface area contributed by atoms with Gasteiger partial charge in [-0.2, -0.15) is 0 Å². The highest BCUT2D eigenvalue weighted by atomic mass is 16.6. The first-order valence-corrected chi connectivity index (χ1v) is 8.70. The Hall–Kier alpha value is -3.22. The Labute approximate surface area is 157 Å². The van der Waals surface area contributed by atoms with Gasteiger partial charge < -0.3 is 10.1 Å². The quantitative estimate of drug-likeness (QED) is 0.416. The Morgan fingerprint density at radius 3 is 2.33 bits per heavy atom. The molecule has 2 aromatic rings. The van der Waals surface area contributed by atoms with Gasteiger partial charge in [-0.1, -0.05) is 42.5 Å². The molecule has 0 aromatic heterocycles. The van der Waals surface area contributed by atoms with Crippen LogP contribution >= 0.6 is 0 Å². The molecule has 0 aliphatic carbocycles. The number of nitro groups is 1. The van der Waals surface area contributed by atoms with E-state index >= 15 is 0 Å². The number of amides is 1. The van der Waals surface area contributed by atoms with E-state index in [2.05, 4.69) is 5.32 Å². The van der Waals surface area contributed by atoms with E-state index in [0.717, 1.165) is 5.56 Å². The second kappa shape index (κ2) is 10.1. The monoisotopic (exact) mass is 370 g/mol. The maximum absolute atomic E-state index is 12.2. The summed E-state index contributed by atoms with van der Waals surface area (Å²) in [6.07, 6.45) is 0.552. The minimum Gasteiger partial charge on any atom is -0.466 e. The molecule has 0 fully saturated rings. The van der Waals surface area contributed by atoms with Crippen LogP contribution in [-0.4, -0.2) is 30.0 Å². The molecule has 0 aliphatic rings. The SMILES string of the molecule is CCOC(=O)C(CNC(=O)Cc1ccc([N+](=O)[O-])cc1)Cc1ccccc1. The highest BCUT2D eigenvalue weighted by Gasteiger charge is 2.21. The number of carbonyl (C=O) groups is 2. The Balaban J connectivity index is 1.93. The fraction of sp³-hybridized carbons (Fsp3) is 0.300. The maximum Gasteiger partial charge on any atom is 0.311 e. The van der Waals surface area contributed by atoms with Crippen molar-refractivity contribution in [1.82, 2.24) is 5.32 Å². The number of nitrogens with one attached hydrogen (secondary N) is 1. The summed E-state index contributed by atoms with van der Waals surface area (Å²) in [5.41, 5.74) is 1.62. The predicted molar refractivity (Wildman–Crippen MR) is 100 cm³/mol. The van der Waals surface area contributed by atoms with Gasteiger partial charge in [0.25, 0.3) is 5.69 Å². The summed E-state index contributed by atoms with van der Waals surface area (Å²) >= 11 is 0. The van der Waals surface area contributed by atoms with Crippen molar-refractivity contribution in [3.05, 3.63) is 75.8 Å². The molecule has 0 spiro atoms. The number of esters is 1. The molecule has 0 bridgehead atoms. The van der Waals surface area contributed by atoms with Crippen LogP contribution in [0.15, 0.2) is 54.6 Å². The highest BCUT2D eigenvalue weighted by molar-refractivity contribution is 5.80. The summed E-state index contributed by atoms with van der Waals surface area (Å²) in [6, 6.07) is 15.3. The van der Waals surface area contributed by atoms with Gasteiger partial charge in [0, 0.05) is 18.7 Å². The van der Waals surface area contributed by atoms with Crippen molar-refractivity contribution in [2.24, 2.45) is 5.92 Å². The smallest absolute Gasteiger partial charge is 0.311 e. The third kappa shape index (κ3) is 6.54. The largest absolute Gasteiger partial charge is 0.466 e. The summed E-state index contributed by atoms with van der Waals surface area (Å²) in [6.45, 7) is 2.19. The molecule has 1 atom stereocenters. The average molecular weight is 370 g/mol. The molecule has 27 heavy (non-hydrogen) atoms. The molecule has 1 amide bonds. The lowest BCUT2D eigenvalue weighted by Crippen LogP contribution is -2.35. The Kier molecular flexibility index (Phi) is 7.49. The molecule has 0 radical (unpaired) electrons. The number of non-ortho nitro benzene ring substituents is 1. The van der Waals surface area contributed by atoms with E-state index in [9.17, 15) is 19.7 Å². The van der Waals surface area contributed by atoms with E-state index in [1.165, 1.54) is 12.1 Å². The van der Waals surface area contributed by atoms with Gasteiger partial charge in [-0.25, -0.2) is 0 Å². The first-order chi connectivity index (χ1) is 13.0. The van der Waals surface area contributed by atoms with Gasteiger partial charge in [-0.05, 0) is 24.5 Å². The van der Waals surface area contributed by atoms with Crippen LogP contribution in [0.25, 0.3) is 0 Å². The lowest BCUT2D eigenvalue weighted by Gasteiger charge is -2.16. The van der Waals surface area contributed by atoms with Crippen LogP contribution in [0.5, 0.6) is 0 Å². The van der Waals surface area contributed by atoms with Crippen molar-refractivity contribution in [2.75, 3.05) is 13.2 Å². The molecule has 0 heterocycles. The van der Waals surface area contributed by atoms with Crippen molar-refractivity contribution in [3.8, 4) is 0 Å². The summed E-state index contributed by atoms with van der Waals surface area (Å²) < 4.78 is 5.11. The minimum absolute atomic E-state index is 0.0237. The fourth-order valence-corrected chi connectivity index (χ4v) is 2.62. The molecule has 0 saturated carbocycles. The van der Waals surface area contributed by atoms with Gasteiger partial charge in [0.1, 0.15) is 0 Å². The third-order valence-electron chi connectivity index (χ3n) is 4.00. The fourth-order valence-electron chi connectivity index (χ4n) is 2.62. The summed E-state index contributed by atoms with van der Waals surface area (Å²) in [4.78, 5) is 34.5.